The molecule has 10 rings (SSSR count). The molecule has 0 spiro atoms. The summed E-state index contributed by atoms with van der Waals surface area (Å²) in [5.41, 5.74) is 7.86. The lowest BCUT2D eigenvalue weighted by molar-refractivity contribution is 1.07. The Morgan fingerprint density at radius 2 is 0.691 bits per heavy atom. The molecule has 0 unspecified atom stereocenters. The van der Waals surface area contributed by atoms with Gasteiger partial charge in [0.05, 0.1) is 0 Å². The van der Waals surface area contributed by atoms with Crippen LogP contribution < -0.4 is 0 Å². The topological polar surface area (TPSA) is 77.3 Å². The van der Waals surface area contributed by atoms with E-state index in [1.807, 2.05) is 97.1 Å². The molecule has 7 aromatic carbocycles. The molecule has 258 valence electrons. The molecule has 0 aliphatic rings. The van der Waals surface area contributed by atoms with E-state index >= 15 is 0 Å². The second-order valence-corrected chi connectivity index (χ2v) is 14.2. The molecule has 0 radical (unpaired) electrons. The molecule has 0 saturated heterocycles. The van der Waals surface area contributed by atoms with Crippen LogP contribution in [0.3, 0.4) is 0 Å². The smallest absolute Gasteiger partial charge is 0.165 e. The average molecular weight is 723 g/mol. The van der Waals surface area contributed by atoms with Crippen molar-refractivity contribution in [2.24, 2.45) is 0 Å². The van der Waals surface area contributed by atoms with E-state index in [2.05, 4.69) is 84.9 Å². The van der Waals surface area contributed by atoms with E-state index in [-0.39, 0.29) is 0 Å². The highest BCUT2D eigenvalue weighted by Crippen LogP contribution is 2.41. The molecule has 0 aliphatic heterocycles. The van der Waals surface area contributed by atoms with Gasteiger partial charge in [0.2, 0.25) is 0 Å². The third-order valence-corrected chi connectivity index (χ3v) is 10.8. The van der Waals surface area contributed by atoms with Crippen molar-refractivity contribution >= 4 is 31.5 Å². The van der Waals surface area contributed by atoms with Gasteiger partial charge in [-0.05, 0) is 29.3 Å². The van der Waals surface area contributed by atoms with Gasteiger partial charge in [-0.3, -0.25) is 0 Å². The lowest BCUT2D eigenvalue weighted by Gasteiger charge is -2.10. The minimum atomic E-state index is 0.625. The van der Waals surface area contributed by atoms with Crippen molar-refractivity contribution in [2.45, 2.75) is 0 Å². The second-order valence-electron chi connectivity index (χ2n) is 13.2. The number of hydrogen-bond acceptors (Lipinski definition) is 7. The van der Waals surface area contributed by atoms with Crippen molar-refractivity contribution in [3.63, 3.8) is 0 Å². The predicted octanol–water partition coefficient (Wildman–Crippen LogP) is 12.1. The number of hydrogen-bond donors (Lipinski definition) is 0. The fraction of sp³-hybridized carbons (Fsp3) is 0. The quantitative estimate of drug-likeness (QED) is 0.163. The Morgan fingerprint density at radius 1 is 0.273 bits per heavy atom. The zero-order chi connectivity index (χ0) is 36.6. The lowest BCUT2D eigenvalue weighted by atomic mass is 10.0. The SMILES string of the molecule is c1ccc(-c2cccc(-c3nc(-c4ccccc4)nc(-c4cccc5c4sc4cc(-c6nc(-c7ccccc7)nc(-c7ccccc7)n6)ccc45)n3)c2)cc1. The van der Waals surface area contributed by atoms with E-state index in [0.717, 1.165) is 64.7 Å². The fourth-order valence-electron chi connectivity index (χ4n) is 6.86. The first-order valence-corrected chi connectivity index (χ1v) is 18.9. The van der Waals surface area contributed by atoms with E-state index < -0.39 is 0 Å². The van der Waals surface area contributed by atoms with Crippen molar-refractivity contribution in [1.82, 2.24) is 29.9 Å². The second kappa shape index (κ2) is 14.0. The molecule has 3 heterocycles. The van der Waals surface area contributed by atoms with E-state index in [4.69, 9.17) is 29.9 Å². The highest BCUT2D eigenvalue weighted by Gasteiger charge is 2.18. The van der Waals surface area contributed by atoms with E-state index in [9.17, 15) is 0 Å². The molecular weight excluding hydrogens is 693 g/mol. The Kier molecular flexibility index (Phi) is 8.24. The minimum Gasteiger partial charge on any atom is -0.208 e. The summed E-state index contributed by atoms with van der Waals surface area (Å²) in [6, 6.07) is 61.8. The van der Waals surface area contributed by atoms with E-state index in [1.54, 1.807) is 11.3 Å². The molecule has 0 fully saturated rings. The number of fused-ring (bicyclic) bond motifs is 3. The Bertz CT molecular complexity index is 2910. The summed E-state index contributed by atoms with van der Waals surface area (Å²) in [6.07, 6.45) is 0. The van der Waals surface area contributed by atoms with Crippen molar-refractivity contribution in [1.29, 1.82) is 0 Å². The maximum Gasteiger partial charge on any atom is 0.165 e. The van der Waals surface area contributed by atoms with Crippen molar-refractivity contribution in [2.75, 3.05) is 0 Å². The van der Waals surface area contributed by atoms with Crippen molar-refractivity contribution in [3.05, 3.63) is 182 Å². The summed E-state index contributed by atoms with van der Waals surface area (Å²) in [5.74, 6) is 3.78. The van der Waals surface area contributed by atoms with Crippen LogP contribution in [0.5, 0.6) is 0 Å². The van der Waals surface area contributed by atoms with Crippen LogP contribution in [0.25, 0.3) is 99.6 Å². The maximum absolute atomic E-state index is 5.15. The number of thiophene rings is 1. The van der Waals surface area contributed by atoms with Gasteiger partial charge in [-0.25, -0.2) is 29.9 Å². The predicted molar refractivity (Wildman–Crippen MR) is 224 cm³/mol. The first-order chi connectivity index (χ1) is 27.2. The molecule has 55 heavy (non-hydrogen) atoms. The van der Waals surface area contributed by atoms with Crippen LogP contribution in [0.2, 0.25) is 0 Å². The lowest BCUT2D eigenvalue weighted by Crippen LogP contribution is -2.00. The molecule has 0 amide bonds. The van der Waals surface area contributed by atoms with Crippen LogP contribution in [-0.2, 0) is 0 Å². The van der Waals surface area contributed by atoms with Crippen LogP contribution in [0.4, 0.5) is 0 Å². The van der Waals surface area contributed by atoms with Gasteiger partial charge in [0.15, 0.2) is 34.9 Å². The number of aromatic nitrogens is 6. The Balaban J connectivity index is 1.11. The summed E-state index contributed by atoms with van der Waals surface area (Å²) in [7, 11) is 0. The zero-order valence-electron chi connectivity index (χ0n) is 29.4. The highest BCUT2D eigenvalue weighted by molar-refractivity contribution is 7.26. The zero-order valence-corrected chi connectivity index (χ0v) is 30.2. The largest absolute Gasteiger partial charge is 0.208 e. The van der Waals surface area contributed by atoms with Crippen LogP contribution in [0.15, 0.2) is 182 Å². The average Bonchev–Trinajstić information content (AvgIpc) is 3.66. The van der Waals surface area contributed by atoms with Gasteiger partial charge in [-0.15, -0.1) is 11.3 Å². The van der Waals surface area contributed by atoms with Gasteiger partial charge in [-0.2, -0.15) is 0 Å². The van der Waals surface area contributed by atoms with Gasteiger partial charge < -0.3 is 0 Å². The minimum absolute atomic E-state index is 0.625. The third kappa shape index (κ3) is 6.33. The Labute approximate surface area is 321 Å². The number of rotatable bonds is 7. The number of nitrogens with zero attached hydrogens (tertiary/aromatic N) is 6. The molecule has 0 N–H and O–H groups in total. The summed E-state index contributed by atoms with van der Waals surface area (Å²) < 4.78 is 2.23. The van der Waals surface area contributed by atoms with Gasteiger partial charge in [0.1, 0.15) is 0 Å². The van der Waals surface area contributed by atoms with Crippen molar-refractivity contribution in [3.8, 4) is 79.5 Å². The fourth-order valence-corrected chi connectivity index (χ4v) is 8.11. The Hall–Kier alpha value is -7.22. The van der Waals surface area contributed by atoms with Crippen molar-refractivity contribution < 1.29 is 0 Å². The number of benzene rings is 7. The van der Waals surface area contributed by atoms with Crippen LogP contribution >= 0.6 is 11.3 Å². The van der Waals surface area contributed by atoms with Crippen LogP contribution in [0.1, 0.15) is 0 Å². The molecular formula is C48H30N6S. The van der Waals surface area contributed by atoms with E-state index in [1.165, 1.54) is 0 Å². The molecule has 7 heteroatoms. The van der Waals surface area contributed by atoms with Gasteiger partial charge in [0.25, 0.3) is 0 Å². The molecule has 0 bridgehead atoms. The normalized spacial score (nSPS) is 11.3. The molecule has 3 aromatic heterocycles. The summed E-state index contributed by atoms with van der Waals surface area (Å²) in [6.45, 7) is 0. The van der Waals surface area contributed by atoms with E-state index in [0.29, 0.717) is 34.9 Å². The summed E-state index contributed by atoms with van der Waals surface area (Å²) in [4.78, 5) is 30.1. The molecule has 10 aromatic rings. The third-order valence-electron chi connectivity index (χ3n) is 9.59. The maximum atomic E-state index is 5.15. The molecule has 0 aliphatic carbocycles. The van der Waals surface area contributed by atoms with Crippen LogP contribution in [-0.4, -0.2) is 29.9 Å². The highest BCUT2D eigenvalue weighted by atomic mass is 32.1. The molecule has 0 atom stereocenters. The summed E-state index contributed by atoms with van der Waals surface area (Å²) in [5, 5.41) is 2.29. The van der Waals surface area contributed by atoms with Gasteiger partial charge >= 0.3 is 0 Å². The van der Waals surface area contributed by atoms with Crippen LogP contribution in [0, 0.1) is 0 Å². The monoisotopic (exact) mass is 722 g/mol. The molecule has 0 saturated carbocycles. The first kappa shape index (κ1) is 32.4. The Morgan fingerprint density at radius 3 is 1.24 bits per heavy atom. The van der Waals surface area contributed by atoms with Gasteiger partial charge in [-0.1, -0.05) is 164 Å². The molecule has 6 nitrogen and oxygen atoms in total. The first-order valence-electron chi connectivity index (χ1n) is 18.0. The van der Waals surface area contributed by atoms with Gasteiger partial charge in [0, 0.05) is 53.6 Å². The standard InChI is InChI=1S/C48H30N6S/c1-5-15-31(16-6-1)35-23-13-24-36(29-35)46-52-45(34-21-11-4-12-22-34)53-48(54-46)40-26-14-25-39-38-28-27-37(30-41(38)55-42(39)40)47-50-43(32-17-7-2-8-18-32)49-44(51-47)33-19-9-3-10-20-33/h1-30H. The summed E-state index contributed by atoms with van der Waals surface area (Å²) >= 11 is 1.72.